The van der Waals surface area contributed by atoms with Gasteiger partial charge in [-0.3, -0.25) is 4.79 Å². The Morgan fingerprint density at radius 1 is 1.35 bits per heavy atom. The highest BCUT2D eigenvalue weighted by molar-refractivity contribution is 5.78. The topological polar surface area (TPSA) is 49.3 Å². The fourth-order valence-electron chi connectivity index (χ4n) is 2.03. The number of carbonyl (C=O) groups excluding carboxylic acids is 1. The lowest BCUT2D eigenvalue weighted by Crippen LogP contribution is -2.40. The molecule has 0 aromatic heterocycles. The van der Waals surface area contributed by atoms with Crippen LogP contribution in [0, 0.1) is 17.0 Å². The van der Waals surface area contributed by atoms with Crippen molar-refractivity contribution in [3.05, 3.63) is 35.4 Å². The van der Waals surface area contributed by atoms with Crippen molar-refractivity contribution in [3.63, 3.8) is 0 Å². The van der Waals surface area contributed by atoms with Gasteiger partial charge in [-0.25, -0.2) is 8.78 Å². The lowest BCUT2D eigenvalue weighted by Gasteiger charge is -2.25. The molecule has 5 heteroatoms. The first-order valence-corrected chi connectivity index (χ1v) is 6.55. The van der Waals surface area contributed by atoms with Crippen LogP contribution >= 0.6 is 0 Å². The molecular weight excluding hydrogens is 264 g/mol. The first kappa shape index (κ1) is 16.6. The first-order valence-electron chi connectivity index (χ1n) is 6.55. The summed E-state index contributed by atoms with van der Waals surface area (Å²) in [6, 6.07) is 2.62. The van der Waals surface area contributed by atoms with Gasteiger partial charge in [-0.15, -0.1) is 0 Å². The van der Waals surface area contributed by atoms with Gasteiger partial charge in [0.25, 0.3) is 0 Å². The monoisotopic (exact) mass is 285 g/mol. The molecule has 0 aliphatic heterocycles. The Bertz CT molecular complexity index is 469. The molecule has 2 N–H and O–H groups in total. The van der Waals surface area contributed by atoms with Gasteiger partial charge in [0.15, 0.2) is 0 Å². The highest BCUT2D eigenvalue weighted by atomic mass is 19.1. The van der Waals surface area contributed by atoms with E-state index < -0.39 is 17.5 Å². The molecule has 0 saturated heterocycles. The van der Waals surface area contributed by atoms with Crippen molar-refractivity contribution in [2.24, 2.45) is 5.41 Å². The van der Waals surface area contributed by atoms with E-state index in [4.69, 9.17) is 0 Å². The van der Waals surface area contributed by atoms with Gasteiger partial charge in [-0.1, -0.05) is 20.8 Å². The van der Waals surface area contributed by atoms with Crippen molar-refractivity contribution in [2.45, 2.75) is 39.7 Å². The Balaban J connectivity index is 2.64. The molecule has 0 saturated carbocycles. The summed E-state index contributed by atoms with van der Waals surface area (Å²) < 4.78 is 26.4. The zero-order chi connectivity index (χ0) is 15.3. The molecule has 112 valence electrons. The van der Waals surface area contributed by atoms with E-state index in [1.807, 2.05) is 20.8 Å². The van der Waals surface area contributed by atoms with Crippen molar-refractivity contribution in [1.82, 2.24) is 5.32 Å². The summed E-state index contributed by atoms with van der Waals surface area (Å²) in [6.45, 7) is 5.80. The summed E-state index contributed by atoms with van der Waals surface area (Å²) in [4.78, 5) is 11.8. The molecule has 1 unspecified atom stereocenters. The smallest absolute Gasteiger partial charge is 0.224 e. The van der Waals surface area contributed by atoms with Gasteiger partial charge in [0, 0.05) is 5.56 Å². The molecule has 1 amide bonds. The Labute approximate surface area is 118 Å². The van der Waals surface area contributed by atoms with Gasteiger partial charge in [0.2, 0.25) is 5.91 Å². The second kappa shape index (κ2) is 6.79. The van der Waals surface area contributed by atoms with Gasteiger partial charge >= 0.3 is 0 Å². The minimum absolute atomic E-state index is 0.00921. The number of nitrogens with one attached hydrogen (secondary N) is 1. The molecule has 0 fully saturated rings. The molecule has 0 heterocycles. The fraction of sp³-hybridized carbons (Fsp3) is 0.533. The summed E-state index contributed by atoms with van der Waals surface area (Å²) >= 11 is 0. The molecule has 0 bridgehead atoms. The van der Waals surface area contributed by atoms with Crippen molar-refractivity contribution in [2.75, 3.05) is 6.61 Å². The number of hydrogen-bond acceptors (Lipinski definition) is 2. The number of aliphatic hydroxyl groups excluding tert-OH is 1. The fourth-order valence-corrected chi connectivity index (χ4v) is 2.03. The molecular formula is C15H21F2NO2. The molecule has 0 radical (unpaired) electrons. The molecule has 0 spiro atoms. The van der Waals surface area contributed by atoms with E-state index in [1.54, 1.807) is 0 Å². The maximum Gasteiger partial charge on any atom is 0.224 e. The number of hydrogen-bond donors (Lipinski definition) is 2. The van der Waals surface area contributed by atoms with Crippen LogP contribution < -0.4 is 5.32 Å². The molecule has 1 aromatic rings. The maximum absolute atomic E-state index is 13.4. The molecule has 1 rings (SSSR count). The van der Waals surface area contributed by atoms with E-state index in [9.17, 15) is 18.7 Å². The third-order valence-corrected chi connectivity index (χ3v) is 2.80. The van der Waals surface area contributed by atoms with Crippen LogP contribution in [0.15, 0.2) is 18.2 Å². The number of benzene rings is 1. The summed E-state index contributed by atoms with van der Waals surface area (Å²) in [5, 5.41) is 11.9. The van der Waals surface area contributed by atoms with E-state index >= 15 is 0 Å². The van der Waals surface area contributed by atoms with Crippen LogP contribution in [0.4, 0.5) is 8.78 Å². The lowest BCUT2D eigenvalue weighted by molar-refractivity contribution is -0.121. The molecule has 1 aromatic carbocycles. The maximum atomic E-state index is 13.4. The highest BCUT2D eigenvalue weighted by Crippen LogP contribution is 2.20. The van der Waals surface area contributed by atoms with Gasteiger partial charge in [0.1, 0.15) is 11.6 Å². The summed E-state index contributed by atoms with van der Waals surface area (Å²) in [6.07, 6.45) is 0.352. The van der Waals surface area contributed by atoms with Crippen LogP contribution in [-0.2, 0) is 11.2 Å². The van der Waals surface area contributed by atoms with E-state index in [-0.39, 0.29) is 30.0 Å². The molecule has 0 aliphatic carbocycles. The van der Waals surface area contributed by atoms with Crippen molar-refractivity contribution in [3.8, 4) is 0 Å². The van der Waals surface area contributed by atoms with Crippen LogP contribution in [0.2, 0.25) is 0 Å². The van der Waals surface area contributed by atoms with Gasteiger partial charge in [0.05, 0.1) is 19.1 Å². The van der Waals surface area contributed by atoms with Gasteiger partial charge in [-0.2, -0.15) is 0 Å². The average Bonchev–Trinajstić information content (AvgIpc) is 2.31. The van der Waals surface area contributed by atoms with Gasteiger partial charge < -0.3 is 10.4 Å². The molecule has 1 atom stereocenters. The van der Waals surface area contributed by atoms with E-state index in [1.165, 1.54) is 0 Å². The van der Waals surface area contributed by atoms with Crippen LogP contribution in [-0.4, -0.2) is 23.7 Å². The largest absolute Gasteiger partial charge is 0.394 e. The zero-order valence-corrected chi connectivity index (χ0v) is 12.0. The van der Waals surface area contributed by atoms with E-state index in [2.05, 4.69) is 5.32 Å². The third-order valence-electron chi connectivity index (χ3n) is 2.80. The normalized spacial score (nSPS) is 13.1. The quantitative estimate of drug-likeness (QED) is 0.873. The van der Waals surface area contributed by atoms with Crippen molar-refractivity contribution >= 4 is 5.91 Å². The molecule has 20 heavy (non-hydrogen) atoms. The van der Waals surface area contributed by atoms with Crippen molar-refractivity contribution < 1.29 is 18.7 Å². The number of aliphatic hydroxyl groups is 1. The minimum Gasteiger partial charge on any atom is -0.394 e. The zero-order valence-electron chi connectivity index (χ0n) is 12.0. The number of amides is 1. The molecule has 0 aliphatic rings. The summed E-state index contributed by atoms with van der Waals surface area (Å²) in [5.41, 5.74) is -0.0416. The van der Waals surface area contributed by atoms with E-state index in [0.29, 0.717) is 6.42 Å². The van der Waals surface area contributed by atoms with Crippen LogP contribution in [0.1, 0.15) is 32.8 Å². The second-order valence-electron chi connectivity index (χ2n) is 6.12. The summed E-state index contributed by atoms with van der Waals surface area (Å²) in [5.74, 6) is -1.63. The highest BCUT2D eigenvalue weighted by Gasteiger charge is 2.20. The Morgan fingerprint density at radius 2 is 2.00 bits per heavy atom. The summed E-state index contributed by atoms with van der Waals surface area (Å²) in [7, 11) is 0. The Morgan fingerprint density at radius 3 is 2.55 bits per heavy atom. The minimum atomic E-state index is -0.613. The van der Waals surface area contributed by atoms with Crippen molar-refractivity contribution in [1.29, 1.82) is 0 Å². The first-order chi connectivity index (χ1) is 9.21. The number of halogens is 2. The van der Waals surface area contributed by atoms with E-state index in [0.717, 1.165) is 18.2 Å². The van der Waals surface area contributed by atoms with Crippen LogP contribution in [0.3, 0.4) is 0 Å². The van der Waals surface area contributed by atoms with Gasteiger partial charge in [-0.05, 0) is 30.0 Å². The number of rotatable bonds is 5. The number of carbonyl (C=O) groups is 1. The SMILES string of the molecule is CC(C)(C)CC(CO)NC(=O)Cc1cc(F)ccc1F. The average molecular weight is 285 g/mol. The predicted octanol–water partition coefficient (Wildman–Crippen LogP) is 2.42. The second-order valence-corrected chi connectivity index (χ2v) is 6.12. The lowest BCUT2D eigenvalue weighted by atomic mass is 9.88. The Hall–Kier alpha value is -1.49. The van der Waals surface area contributed by atoms with Crippen LogP contribution in [0.5, 0.6) is 0 Å². The van der Waals surface area contributed by atoms with Crippen LogP contribution in [0.25, 0.3) is 0 Å². The predicted molar refractivity (Wildman–Crippen MR) is 73.2 cm³/mol. The third kappa shape index (κ3) is 5.65. The molecule has 3 nitrogen and oxygen atoms in total. The Kier molecular flexibility index (Phi) is 5.62. The standard InChI is InChI=1S/C15H21F2NO2/c1-15(2,3)8-12(9-19)18-14(20)7-10-6-11(16)4-5-13(10)17/h4-6,12,19H,7-9H2,1-3H3,(H,18,20).